The summed E-state index contributed by atoms with van der Waals surface area (Å²) in [5.41, 5.74) is 0.965. The van der Waals surface area contributed by atoms with E-state index in [0.717, 1.165) is 28.2 Å². The zero-order chi connectivity index (χ0) is 17.3. The van der Waals surface area contributed by atoms with E-state index >= 15 is 0 Å². The first kappa shape index (κ1) is 16.7. The summed E-state index contributed by atoms with van der Waals surface area (Å²) < 4.78 is 41.9. The summed E-state index contributed by atoms with van der Waals surface area (Å²) in [4.78, 5) is 1.06. The Kier molecular flexibility index (Phi) is 4.42. The van der Waals surface area contributed by atoms with Crippen LogP contribution in [-0.2, 0) is 19.4 Å². The molecule has 2 heterocycles. The van der Waals surface area contributed by atoms with E-state index in [9.17, 15) is 13.2 Å². The van der Waals surface area contributed by atoms with Crippen molar-refractivity contribution in [3.05, 3.63) is 64.6 Å². The van der Waals surface area contributed by atoms with Gasteiger partial charge in [-0.1, -0.05) is 18.2 Å². The second-order valence-corrected chi connectivity index (χ2v) is 6.06. The molecule has 1 atom stereocenters. The van der Waals surface area contributed by atoms with Crippen molar-refractivity contribution in [2.75, 3.05) is 7.05 Å². The summed E-state index contributed by atoms with van der Waals surface area (Å²) in [5, 5.41) is 4.45. The van der Waals surface area contributed by atoms with Gasteiger partial charge in [-0.25, -0.2) is 0 Å². The van der Waals surface area contributed by atoms with Crippen LogP contribution >= 0.6 is 12.2 Å². The van der Waals surface area contributed by atoms with Gasteiger partial charge in [0, 0.05) is 11.8 Å². The number of rotatable bonds is 4. The molecule has 2 aromatic heterocycles. The number of fused-ring (bicyclic) bond motifs is 1. The SMILES string of the molecule is C[NH+](Cc1ccc(C(F)(F)F)cc1)Cn1nc2ccccn2c1=S. The molecule has 1 unspecified atom stereocenters. The Morgan fingerprint density at radius 2 is 1.83 bits per heavy atom. The van der Waals surface area contributed by atoms with E-state index < -0.39 is 11.7 Å². The summed E-state index contributed by atoms with van der Waals surface area (Å²) in [6.07, 6.45) is -2.45. The number of nitrogens with one attached hydrogen (secondary N) is 1. The molecule has 126 valence electrons. The first-order valence-electron chi connectivity index (χ1n) is 7.36. The van der Waals surface area contributed by atoms with Crippen molar-refractivity contribution >= 4 is 17.9 Å². The smallest absolute Gasteiger partial charge is 0.315 e. The monoisotopic (exact) mass is 353 g/mol. The Bertz CT molecular complexity index is 896. The minimum Gasteiger partial charge on any atom is -0.315 e. The summed E-state index contributed by atoms with van der Waals surface area (Å²) >= 11 is 5.39. The van der Waals surface area contributed by atoms with E-state index in [2.05, 4.69) is 5.10 Å². The molecule has 0 saturated carbocycles. The standard InChI is InChI=1S/C16H15F3N4S/c1-21(10-12-5-7-13(8-6-12)16(17,18)19)11-23-15(24)22-9-3-2-4-14(22)20-23/h2-9H,10-11H2,1H3/p+1. The van der Waals surface area contributed by atoms with Crippen molar-refractivity contribution in [3.63, 3.8) is 0 Å². The van der Waals surface area contributed by atoms with Crippen molar-refractivity contribution in [2.24, 2.45) is 0 Å². The van der Waals surface area contributed by atoms with Gasteiger partial charge >= 0.3 is 6.18 Å². The molecular weight excluding hydrogens is 337 g/mol. The molecule has 0 radical (unpaired) electrons. The van der Waals surface area contributed by atoms with E-state index in [0.29, 0.717) is 18.0 Å². The molecule has 0 saturated heterocycles. The maximum atomic E-state index is 12.6. The van der Waals surface area contributed by atoms with Gasteiger partial charge in [0.15, 0.2) is 12.3 Å². The van der Waals surface area contributed by atoms with Crippen molar-refractivity contribution in [1.29, 1.82) is 0 Å². The van der Waals surface area contributed by atoms with Gasteiger partial charge in [0.1, 0.15) is 6.54 Å². The number of pyridine rings is 1. The maximum absolute atomic E-state index is 12.6. The van der Waals surface area contributed by atoms with Crippen LogP contribution in [0.5, 0.6) is 0 Å². The highest BCUT2D eigenvalue weighted by atomic mass is 32.1. The second-order valence-electron chi connectivity index (χ2n) is 5.70. The van der Waals surface area contributed by atoms with Crippen LogP contribution in [0.4, 0.5) is 13.2 Å². The molecule has 0 fully saturated rings. The van der Waals surface area contributed by atoms with Crippen LogP contribution in [0.1, 0.15) is 11.1 Å². The van der Waals surface area contributed by atoms with E-state index in [1.54, 1.807) is 4.68 Å². The number of benzene rings is 1. The lowest BCUT2D eigenvalue weighted by molar-refractivity contribution is -0.917. The topological polar surface area (TPSA) is 26.7 Å². The molecule has 4 nitrogen and oxygen atoms in total. The summed E-state index contributed by atoms with van der Waals surface area (Å²) in [6, 6.07) is 10.9. The van der Waals surface area contributed by atoms with Crippen molar-refractivity contribution < 1.29 is 18.1 Å². The number of halogens is 3. The Balaban J connectivity index is 1.72. The van der Waals surface area contributed by atoms with Crippen LogP contribution in [-0.4, -0.2) is 21.2 Å². The van der Waals surface area contributed by atoms with Crippen LogP contribution in [0.3, 0.4) is 0 Å². The number of nitrogens with zero attached hydrogens (tertiary/aromatic N) is 3. The number of quaternary nitrogens is 1. The van der Waals surface area contributed by atoms with Gasteiger partial charge in [-0.05, 0) is 36.5 Å². The third kappa shape index (κ3) is 3.49. The fourth-order valence-electron chi connectivity index (χ4n) is 2.54. The van der Waals surface area contributed by atoms with Gasteiger partial charge in [-0.15, -0.1) is 5.10 Å². The van der Waals surface area contributed by atoms with Gasteiger partial charge in [-0.2, -0.15) is 17.9 Å². The third-order valence-electron chi connectivity index (χ3n) is 3.70. The number of alkyl halides is 3. The van der Waals surface area contributed by atoms with Crippen LogP contribution in [0, 0.1) is 4.77 Å². The quantitative estimate of drug-likeness (QED) is 0.730. The maximum Gasteiger partial charge on any atom is 0.416 e. The van der Waals surface area contributed by atoms with Gasteiger partial charge < -0.3 is 4.90 Å². The second kappa shape index (κ2) is 6.37. The predicted molar refractivity (Wildman–Crippen MR) is 86.1 cm³/mol. The molecule has 1 aromatic carbocycles. The highest BCUT2D eigenvalue weighted by molar-refractivity contribution is 7.71. The average Bonchev–Trinajstić information content (AvgIpc) is 2.83. The number of hydrogen-bond acceptors (Lipinski definition) is 2. The highest BCUT2D eigenvalue weighted by Gasteiger charge is 2.30. The fourth-order valence-corrected chi connectivity index (χ4v) is 2.80. The average molecular weight is 353 g/mol. The lowest BCUT2D eigenvalue weighted by atomic mass is 10.1. The molecular formula is C16H16F3N4S+. The van der Waals surface area contributed by atoms with Gasteiger partial charge in [0.25, 0.3) is 0 Å². The molecule has 0 aliphatic carbocycles. The first-order chi connectivity index (χ1) is 11.3. The highest BCUT2D eigenvalue weighted by Crippen LogP contribution is 2.28. The van der Waals surface area contributed by atoms with Gasteiger partial charge in [-0.3, -0.25) is 4.40 Å². The lowest BCUT2D eigenvalue weighted by Gasteiger charge is -2.14. The third-order valence-corrected chi connectivity index (χ3v) is 4.10. The summed E-state index contributed by atoms with van der Waals surface area (Å²) in [5.74, 6) is 0. The van der Waals surface area contributed by atoms with Crippen LogP contribution < -0.4 is 4.90 Å². The van der Waals surface area contributed by atoms with E-state index in [1.165, 1.54) is 12.1 Å². The fraction of sp³-hybridized carbons (Fsp3) is 0.250. The predicted octanol–water partition coefficient (Wildman–Crippen LogP) is 2.56. The minimum atomic E-state index is -4.30. The summed E-state index contributed by atoms with van der Waals surface area (Å²) in [6.45, 7) is 1.11. The van der Waals surface area contributed by atoms with E-state index in [1.807, 2.05) is 35.8 Å². The zero-order valence-corrected chi connectivity index (χ0v) is 13.7. The van der Waals surface area contributed by atoms with Crippen molar-refractivity contribution in [1.82, 2.24) is 14.2 Å². The first-order valence-corrected chi connectivity index (χ1v) is 7.77. The Morgan fingerprint density at radius 3 is 2.46 bits per heavy atom. The molecule has 0 amide bonds. The van der Waals surface area contributed by atoms with Gasteiger partial charge in [0.05, 0.1) is 12.6 Å². The molecule has 0 aliphatic heterocycles. The Labute approximate surface area is 141 Å². The molecule has 0 spiro atoms. The molecule has 1 N–H and O–H groups in total. The molecule has 8 heteroatoms. The van der Waals surface area contributed by atoms with Crippen LogP contribution in [0.2, 0.25) is 0 Å². The molecule has 24 heavy (non-hydrogen) atoms. The normalized spacial score (nSPS) is 13.3. The van der Waals surface area contributed by atoms with Crippen molar-refractivity contribution in [3.8, 4) is 0 Å². The number of aromatic nitrogens is 3. The van der Waals surface area contributed by atoms with Crippen LogP contribution in [0.15, 0.2) is 48.7 Å². The van der Waals surface area contributed by atoms with E-state index in [-0.39, 0.29) is 0 Å². The zero-order valence-electron chi connectivity index (χ0n) is 12.9. The van der Waals surface area contributed by atoms with E-state index in [4.69, 9.17) is 12.2 Å². The minimum absolute atomic E-state index is 0.529. The molecule has 3 rings (SSSR count). The number of hydrogen-bond donors (Lipinski definition) is 1. The Morgan fingerprint density at radius 1 is 1.12 bits per heavy atom. The Hall–Kier alpha value is -2.19. The van der Waals surface area contributed by atoms with Crippen LogP contribution in [0.25, 0.3) is 5.65 Å². The largest absolute Gasteiger partial charge is 0.416 e. The molecule has 3 aromatic rings. The van der Waals surface area contributed by atoms with Gasteiger partial charge in [0.2, 0.25) is 4.77 Å². The molecule has 0 aliphatic rings. The summed E-state index contributed by atoms with van der Waals surface area (Å²) in [7, 11) is 1.95. The molecule has 0 bridgehead atoms. The lowest BCUT2D eigenvalue weighted by Crippen LogP contribution is -3.07. The van der Waals surface area contributed by atoms with Crippen molar-refractivity contribution in [2.45, 2.75) is 19.4 Å².